The molecule has 7 heteroatoms. The normalized spacial score (nSPS) is 30.5. The number of rotatable bonds is 3. The molecule has 3 aliphatic rings. The van der Waals surface area contributed by atoms with Crippen LogP contribution >= 0.6 is 0 Å². The molecule has 1 aliphatic carbocycles. The molecule has 0 aromatic heterocycles. The van der Waals surface area contributed by atoms with Gasteiger partial charge in [-0.3, -0.25) is 19.7 Å². The second-order valence-corrected chi connectivity index (χ2v) is 8.77. The van der Waals surface area contributed by atoms with Crippen molar-refractivity contribution in [3.05, 3.63) is 28.3 Å². The zero-order valence-electron chi connectivity index (χ0n) is 16.5. The Morgan fingerprint density at radius 3 is 2.50 bits per heavy atom. The van der Waals surface area contributed by atoms with Crippen molar-refractivity contribution in [2.45, 2.75) is 46.0 Å². The number of benzene rings is 1. The predicted octanol–water partition coefficient (Wildman–Crippen LogP) is 3.76. The van der Waals surface area contributed by atoms with E-state index in [0.717, 1.165) is 45.2 Å². The summed E-state index contributed by atoms with van der Waals surface area (Å²) in [7, 11) is 0. The Bertz CT molecular complexity index is 824. The van der Waals surface area contributed by atoms with E-state index in [9.17, 15) is 19.7 Å². The van der Waals surface area contributed by atoms with Crippen molar-refractivity contribution in [1.82, 2.24) is 0 Å². The summed E-state index contributed by atoms with van der Waals surface area (Å²) in [4.78, 5) is 40.4. The Hall–Kier alpha value is -2.44. The van der Waals surface area contributed by atoms with Crippen LogP contribution in [0.25, 0.3) is 0 Å². The largest absolute Gasteiger partial charge is 0.366 e. The lowest BCUT2D eigenvalue weighted by Gasteiger charge is -2.32. The van der Waals surface area contributed by atoms with Crippen LogP contribution in [0.15, 0.2) is 18.2 Å². The molecule has 2 saturated heterocycles. The molecule has 4 rings (SSSR count). The maximum Gasteiger partial charge on any atom is 0.294 e. The molecular weight excluding hydrogens is 358 g/mol. The molecular formula is C21H27N3O4. The lowest BCUT2D eigenvalue weighted by atomic mass is 9.76. The molecule has 1 aromatic rings. The first-order chi connectivity index (χ1) is 13.4. The fourth-order valence-corrected chi connectivity index (χ4v) is 5.12. The summed E-state index contributed by atoms with van der Waals surface area (Å²) >= 11 is 0. The van der Waals surface area contributed by atoms with Crippen LogP contribution in [0.1, 0.15) is 46.0 Å². The van der Waals surface area contributed by atoms with Crippen LogP contribution < -0.4 is 9.80 Å². The van der Waals surface area contributed by atoms with E-state index in [-0.39, 0.29) is 29.3 Å². The lowest BCUT2D eigenvalue weighted by Crippen LogP contribution is -2.35. The van der Waals surface area contributed by atoms with Crippen molar-refractivity contribution in [1.29, 1.82) is 0 Å². The lowest BCUT2D eigenvalue weighted by molar-refractivity contribution is -0.384. The molecule has 3 fully saturated rings. The predicted molar refractivity (Wildman–Crippen MR) is 106 cm³/mol. The summed E-state index contributed by atoms with van der Waals surface area (Å²) in [5.74, 6) is -0.0373. The van der Waals surface area contributed by atoms with E-state index in [1.807, 2.05) is 4.90 Å². The smallest absolute Gasteiger partial charge is 0.294 e. The number of nitro benzene ring substituents is 1. The molecule has 1 saturated carbocycles. The van der Waals surface area contributed by atoms with E-state index >= 15 is 0 Å². The number of nitro groups is 1. The molecule has 0 bridgehead atoms. The van der Waals surface area contributed by atoms with E-state index in [1.165, 1.54) is 11.0 Å². The standard InChI is InChI=1S/C21H27N3O4/c1-13-5-7-16-17(10-13)21(26)23(20(16)25)15-6-8-18(19(11-15)24(27)28)22-9-3-4-14(2)12-22/h6,8,11,13-14,16-17H,3-5,7,9-10,12H2,1-2H3/t13-,14+,16+,17-/m1/s1. The van der Waals surface area contributed by atoms with Gasteiger partial charge in [0.15, 0.2) is 0 Å². The maximum absolute atomic E-state index is 12.9. The molecule has 1 aromatic carbocycles. The number of carbonyl (C=O) groups is 2. The molecule has 2 heterocycles. The Morgan fingerprint density at radius 2 is 1.79 bits per heavy atom. The number of nitrogens with zero attached hydrogens (tertiary/aromatic N) is 3. The van der Waals surface area contributed by atoms with Crippen LogP contribution in [0, 0.1) is 33.8 Å². The van der Waals surface area contributed by atoms with Crippen molar-refractivity contribution in [3.8, 4) is 0 Å². The minimum absolute atomic E-state index is 0.0320. The number of anilines is 2. The minimum Gasteiger partial charge on any atom is -0.366 e. The van der Waals surface area contributed by atoms with Crippen molar-refractivity contribution in [3.63, 3.8) is 0 Å². The summed E-state index contributed by atoms with van der Waals surface area (Å²) in [6.45, 7) is 5.82. The third-order valence-electron chi connectivity index (χ3n) is 6.60. The first-order valence-corrected chi connectivity index (χ1v) is 10.3. The molecule has 0 unspecified atom stereocenters. The maximum atomic E-state index is 12.9. The summed E-state index contributed by atoms with van der Waals surface area (Å²) in [5, 5.41) is 11.8. The highest BCUT2D eigenvalue weighted by Crippen LogP contribution is 2.43. The van der Waals surface area contributed by atoms with Gasteiger partial charge in [-0.25, -0.2) is 4.90 Å². The van der Waals surface area contributed by atoms with Crippen LogP contribution in [0.4, 0.5) is 17.1 Å². The van der Waals surface area contributed by atoms with E-state index in [2.05, 4.69) is 13.8 Å². The minimum atomic E-state index is -0.405. The molecule has 0 radical (unpaired) electrons. The van der Waals surface area contributed by atoms with Gasteiger partial charge >= 0.3 is 0 Å². The molecule has 150 valence electrons. The zero-order valence-corrected chi connectivity index (χ0v) is 16.5. The fourth-order valence-electron chi connectivity index (χ4n) is 5.12. The Kier molecular flexibility index (Phi) is 4.85. The molecule has 7 nitrogen and oxygen atoms in total. The number of carbonyl (C=O) groups excluding carboxylic acids is 2. The van der Waals surface area contributed by atoms with Gasteiger partial charge in [-0.2, -0.15) is 0 Å². The SMILES string of the molecule is C[C@@H]1CC[C@@H]2C(=O)N(c3ccc(N4CCC[C@H](C)C4)c([N+](=O)[O-])c3)C(=O)[C@@H]2C1. The fraction of sp³-hybridized carbons (Fsp3) is 0.619. The number of hydrogen-bond acceptors (Lipinski definition) is 5. The third-order valence-corrected chi connectivity index (χ3v) is 6.60. The van der Waals surface area contributed by atoms with Crippen molar-refractivity contribution in [2.75, 3.05) is 22.9 Å². The van der Waals surface area contributed by atoms with Crippen LogP contribution in [-0.4, -0.2) is 29.8 Å². The van der Waals surface area contributed by atoms with Gasteiger partial charge < -0.3 is 4.90 Å². The number of piperidine rings is 1. The van der Waals surface area contributed by atoms with Crippen LogP contribution in [0.2, 0.25) is 0 Å². The van der Waals surface area contributed by atoms with Crippen molar-refractivity contribution in [2.24, 2.45) is 23.7 Å². The van der Waals surface area contributed by atoms with Crippen LogP contribution in [0.5, 0.6) is 0 Å². The summed E-state index contributed by atoms with van der Waals surface area (Å²) < 4.78 is 0. The number of amides is 2. The van der Waals surface area contributed by atoms with E-state index in [1.54, 1.807) is 12.1 Å². The van der Waals surface area contributed by atoms with Crippen molar-refractivity contribution >= 4 is 28.9 Å². The van der Waals surface area contributed by atoms with Gasteiger partial charge in [0.25, 0.3) is 5.69 Å². The van der Waals surface area contributed by atoms with Gasteiger partial charge in [-0.1, -0.05) is 13.8 Å². The third kappa shape index (κ3) is 3.16. The second kappa shape index (κ2) is 7.18. The van der Waals surface area contributed by atoms with Crippen LogP contribution in [0.3, 0.4) is 0 Å². The Balaban J connectivity index is 1.67. The zero-order chi connectivity index (χ0) is 20.0. The molecule has 2 amide bonds. The number of fused-ring (bicyclic) bond motifs is 1. The summed E-state index contributed by atoms with van der Waals surface area (Å²) in [5.41, 5.74) is 0.874. The van der Waals surface area contributed by atoms with Gasteiger partial charge in [-0.15, -0.1) is 0 Å². The number of hydrogen-bond donors (Lipinski definition) is 0. The highest BCUT2D eigenvalue weighted by molar-refractivity contribution is 6.22. The second-order valence-electron chi connectivity index (χ2n) is 8.77. The number of imide groups is 1. The van der Waals surface area contributed by atoms with Gasteiger partial charge in [0.1, 0.15) is 5.69 Å². The highest BCUT2D eigenvalue weighted by Gasteiger charge is 2.50. The van der Waals surface area contributed by atoms with Gasteiger partial charge in [0.05, 0.1) is 22.4 Å². The molecule has 28 heavy (non-hydrogen) atoms. The topological polar surface area (TPSA) is 83.8 Å². The average molecular weight is 385 g/mol. The molecule has 2 aliphatic heterocycles. The first-order valence-electron chi connectivity index (χ1n) is 10.3. The van der Waals surface area contributed by atoms with Gasteiger partial charge in [0, 0.05) is 19.2 Å². The molecule has 0 N–H and O–H groups in total. The quantitative estimate of drug-likeness (QED) is 0.449. The van der Waals surface area contributed by atoms with Gasteiger partial charge in [-0.05, 0) is 56.1 Å². The highest BCUT2D eigenvalue weighted by atomic mass is 16.6. The Labute approximate surface area is 164 Å². The monoisotopic (exact) mass is 385 g/mol. The summed E-state index contributed by atoms with van der Waals surface area (Å²) in [6, 6.07) is 4.81. The molecule has 0 spiro atoms. The molecule has 4 atom stereocenters. The van der Waals surface area contributed by atoms with Gasteiger partial charge in [0.2, 0.25) is 11.8 Å². The Morgan fingerprint density at radius 1 is 1.04 bits per heavy atom. The van der Waals surface area contributed by atoms with E-state index < -0.39 is 4.92 Å². The van der Waals surface area contributed by atoms with Crippen LogP contribution in [-0.2, 0) is 9.59 Å². The summed E-state index contributed by atoms with van der Waals surface area (Å²) in [6.07, 6.45) is 4.52. The van der Waals surface area contributed by atoms with Crippen molar-refractivity contribution < 1.29 is 14.5 Å². The first kappa shape index (κ1) is 18.9. The van der Waals surface area contributed by atoms with E-state index in [4.69, 9.17) is 0 Å². The van der Waals surface area contributed by atoms with E-state index in [0.29, 0.717) is 23.2 Å². The average Bonchev–Trinajstić information content (AvgIpc) is 2.91.